The third-order valence-electron chi connectivity index (χ3n) is 2.27. The van der Waals surface area contributed by atoms with Gasteiger partial charge in [0.15, 0.2) is 0 Å². The van der Waals surface area contributed by atoms with Crippen LogP contribution in [0.4, 0.5) is 16.2 Å². The summed E-state index contributed by atoms with van der Waals surface area (Å²) in [5.41, 5.74) is 1.14. The summed E-state index contributed by atoms with van der Waals surface area (Å²) in [6.45, 7) is 0. The van der Waals surface area contributed by atoms with Gasteiger partial charge in [-0.3, -0.25) is 0 Å². The zero-order valence-electron chi connectivity index (χ0n) is 9.65. The second-order valence-electron chi connectivity index (χ2n) is 3.75. The number of anilines is 2. The first-order valence-corrected chi connectivity index (χ1v) is 6.57. The Hall–Kier alpha value is -1.36. The fraction of sp³-hybridized carbons (Fsp3) is 0. The summed E-state index contributed by atoms with van der Waals surface area (Å²) in [7, 11) is 0. The normalized spacial score (nSPS) is 10.1. The number of hydrogen-bond acceptors (Lipinski definition) is 2. The number of urea groups is 1. The van der Waals surface area contributed by atoms with Gasteiger partial charge in [0, 0.05) is 20.6 Å². The summed E-state index contributed by atoms with van der Waals surface area (Å²) in [6.07, 6.45) is 0. The Labute approximate surface area is 126 Å². The van der Waals surface area contributed by atoms with Crippen molar-refractivity contribution >= 4 is 53.2 Å². The monoisotopic (exact) mass is 312 g/mol. The lowest BCUT2D eigenvalue weighted by atomic mass is 10.3. The predicted molar refractivity (Wildman–Crippen MR) is 82.8 cm³/mol. The summed E-state index contributed by atoms with van der Waals surface area (Å²) in [6, 6.07) is 11.6. The molecule has 0 aliphatic heterocycles. The SMILES string of the molecule is O=C(Nc1cc(Cl)cc(Cl)c1)Nc1ccccc1S. The van der Waals surface area contributed by atoms with Gasteiger partial charge in [0.2, 0.25) is 0 Å². The fourth-order valence-electron chi connectivity index (χ4n) is 1.49. The minimum Gasteiger partial charge on any atom is -0.308 e. The Bertz CT molecular complexity index is 599. The van der Waals surface area contributed by atoms with Gasteiger partial charge >= 0.3 is 6.03 Å². The quantitative estimate of drug-likeness (QED) is 0.676. The van der Waals surface area contributed by atoms with Crippen LogP contribution in [0, 0.1) is 0 Å². The van der Waals surface area contributed by atoms with E-state index in [1.54, 1.807) is 30.3 Å². The highest BCUT2D eigenvalue weighted by molar-refractivity contribution is 7.80. The molecule has 0 heterocycles. The summed E-state index contributed by atoms with van der Waals surface area (Å²) in [4.78, 5) is 12.5. The zero-order valence-corrected chi connectivity index (χ0v) is 12.1. The van der Waals surface area contributed by atoms with Crippen LogP contribution in [0.5, 0.6) is 0 Å². The maximum Gasteiger partial charge on any atom is 0.323 e. The first-order chi connectivity index (χ1) is 9.04. The Kier molecular flexibility index (Phi) is 4.58. The van der Waals surface area contributed by atoms with Crippen molar-refractivity contribution in [2.75, 3.05) is 10.6 Å². The number of halogens is 2. The highest BCUT2D eigenvalue weighted by Crippen LogP contribution is 2.23. The molecule has 0 spiro atoms. The van der Waals surface area contributed by atoms with E-state index in [-0.39, 0.29) is 6.03 Å². The van der Waals surface area contributed by atoms with E-state index in [2.05, 4.69) is 23.3 Å². The molecular formula is C13H10Cl2N2OS. The molecule has 2 aromatic rings. The van der Waals surface area contributed by atoms with Gasteiger partial charge in [0.25, 0.3) is 0 Å². The molecule has 3 nitrogen and oxygen atoms in total. The topological polar surface area (TPSA) is 41.1 Å². The van der Waals surface area contributed by atoms with E-state index < -0.39 is 0 Å². The molecule has 6 heteroatoms. The van der Waals surface area contributed by atoms with Crippen molar-refractivity contribution < 1.29 is 4.79 Å². The molecule has 0 aromatic heterocycles. The molecular weight excluding hydrogens is 303 g/mol. The standard InChI is InChI=1S/C13H10Cl2N2OS/c14-8-5-9(15)7-10(6-8)16-13(18)17-11-3-1-2-4-12(11)19/h1-7,19H,(H2,16,17,18). The first-order valence-electron chi connectivity index (χ1n) is 5.37. The van der Waals surface area contributed by atoms with Crippen LogP contribution in [0.3, 0.4) is 0 Å². The highest BCUT2D eigenvalue weighted by Gasteiger charge is 2.06. The van der Waals surface area contributed by atoms with Gasteiger partial charge in [-0.25, -0.2) is 4.79 Å². The number of carbonyl (C=O) groups excluding carboxylic acids is 1. The minimum atomic E-state index is -0.389. The Morgan fingerprint density at radius 3 is 2.26 bits per heavy atom. The number of amides is 2. The maximum absolute atomic E-state index is 11.8. The molecule has 2 rings (SSSR count). The average Bonchev–Trinajstić information content (AvgIpc) is 2.30. The molecule has 19 heavy (non-hydrogen) atoms. The molecule has 2 N–H and O–H groups in total. The lowest BCUT2D eigenvalue weighted by molar-refractivity contribution is 0.262. The maximum atomic E-state index is 11.8. The van der Waals surface area contributed by atoms with Crippen LogP contribution in [-0.2, 0) is 0 Å². The fourth-order valence-corrected chi connectivity index (χ4v) is 2.23. The van der Waals surface area contributed by atoms with E-state index in [9.17, 15) is 4.79 Å². The van der Waals surface area contributed by atoms with Crippen LogP contribution in [0.1, 0.15) is 0 Å². The third kappa shape index (κ3) is 4.06. The van der Waals surface area contributed by atoms with Crippen molar-refractivity contribution in [1.82, 2.24) is 0 Å². The molecule has 0 unspecified atom stereocenters. The lowest BCUT2D eigenvalue weighted by Gasteiger charge is -2.09. The van der Waals surface area contributed by atoms with Crippen molar-refractivity contribution in [2.24, 2.45) is 0 Å². The molecule has 0 fully saturated rings. The molecule has 2 aromatic carbocycles. The summed E-state index contributed by atoms with van der Waals surface area (Å²) in [5, 5.41) is 6.24. The first kappa shape index (κ1) is 14.1. The number of rotatable bonds is 2. The predicted octanol–water partition coefficient (Wildman–Crippen LogP) is 4.93. The second kappa shape index (κ2) is 6.19. The Morgan fingerprint density at radius 2 is 1.63 bits per heavy atom. The molecule has 98 valence electrons. The van der Waals surface area contributed by atoms with Gasteiger partial charge in [-0.2, -0.15) is 0 Å². The van der Waals surface area contributed by atoms with Crippen molar-refractivity contribution in [3.8, 4) is 0 Å². The molecule has 0 bridgehead atoms. The number of benzene rings is 2. The smallest absolute Gasteiger partial charge is 0.308 e. The number of carbonyl (C=O) groups is 1. The second-order valence-corrected chi connectivity index (χ2v) is 5.11. The Balaban J connectivity index is 2.07. The Morgan fingerprint density at radius 1 is 1.00 bits per heavy atom. The van der Waals surface area contributed by atoms with Crippen LogP contribution in [0.2, 0.25) is 10.0 Å². The van der Waals surface area contributed by atoms with Crippen LogP contribution in [0.25, 0.3) is 0 Å². The minimum absolute atomic E-state index is 0.389. The van der Waals surface area contributed by atoms with E-state index in [0.717, 1.165) is 0 Å². The van der Waals surface area contributed by atoms with Crippen molar-refractivity contribution in [2.45, 2.75) is 4.90 Å². The largest absolute Gasteiger partial charge is 0.323 e. The number of para-hydroxylation sites is 1. The number of hydrogen-bond donors (Lipinski definition) is 3. The van der Waals surface area contributed by atoms with Crippen LogP contribution < -0.4 is 10.6 Å². The zero-order chi connectivity index (χ0) is 13.8. The van der Waals surface area contributed by atoms with Crippen LogP contribution >= 0.6 is 35.8 Å². The lowest BCUT2D eigenvalue weighted by Crippen LogP contribution is -2.19. The van der Waals surface area contributed by atoms with Crippen molar-refractivity contribution in [1.29, 1.82) is 0 Å². The van der Waals surface area contributed by atoms with Gasteiger partial charge in [-0.15, -0.1) is 12.6 Å². The summed E-state index contributed by atoms with van der Waals surface area (Å²) >= 11 is 15.9. The highest BCUT2D eigenvalue weighted by atomic mass is 35.5. The molecule has 0 saturated heterocycles. The van der Waals surface area contributed by atoms with Crippen LogP contribution in [0.15, 0.2) is 47.4 Å². The van der Waals surface area contributed by atoms with E-state index in [1.807, 2.05) is 12.1 Å². The number of nitrogens with one attached hydrogen (secondary N) is 2. The van der Waals surface area contributed by atoms with Crippen molar-refractivity contribution in [3.05, 3.63) is 52.5 Å². The van der Waals surface area contributed by atoms with Gasteiger partial charge in [-0.1, -0.05) is 35.3 Å². The molecule has 0 saturated carbocycles. The molecule has 0 aliphatic carbocycles. The van der Waals surface area contributed by atoms with Gasteiger partial charge in [-0.05, 0) is 30.3 Å². The van der Waals surface area contributed by atoms with E-state index in [4.69, 9.17) is 23.2 Å². The van der Waals surface area contributed by atoms with Crippen LogP contribution in [-0.4, -0.2) is 6.03 Å². The molecule has 0 radical (unpaired) electrons. The van der Waals surface area contributed by atoms with E-state index >= 15 is 0 Å². The molecule has 0 atom stereocenters. The van der Waals surface area contributed by atoms with Gasteiger partial charge < -0.3 is 10.6 Å². The van der Waals surface area contributed by atoms with E-state index in [0.29, 0.717) is 26.3 Å². The van der Waals surface area contributed by atoms with Gasteiger partial charge in [0.1, 0.15) is 0 Å². The van der Waals surface area contributed by atoms with Gasteiger partial charge in [0.05, 0.1) is 5.69 Å². The summed E-state index contributed by atoms with van der Waals surface area (Å²) < 4.78 is 0. The molecule has 2 amide bonds. The van der Waals surface area contributed by atoms with E-state index in [1.165, 1.54) is 0 Å². The average molecular weight is 313 g/mol. The third-order valence-corrected chi connectivity index (χ3v) is 3.10. The van der Waals surface area contributed by atoms with Crippen molar-refractivity contribution in [3.63, 3.8) is 0 Å². The number of thiol groups is 1. The summed E-state index contributed by atoms with van der Waals surface area (Å²) in [5.74, 6) is 0. The molecule has 0 aliphatic rings.